The van der Waals surface area contributed by atoms with Crippen LogP contribution >= 0.6 is 35.6 Å². The first-order chi connectivity index (χ1) is 15.0. The number of nitrogens with one attached hydrogen (secondary N) is 2. The zero-order chi connectivity index (χ0) is 22.2. The Morgan fingerprint density at radius 1 is 1.12 bits per heavy atom. The summed E-state index contributed by atoms with van der Waals surface area (Å²) in [6.07, 6.45) is 2.41. The molecular weight excluding hydrogens is 533 g/mol. The van der Waals surface area contributed by atoms with Crippen molar-refractivity contribution in [3.8, 4) is 0 Å². The van der Waals surface area contributed by atoms with Gasteiger partial charge in [-0.1, -0.05) is 48.0 Å². The van der Waals surface area contributed by atoms with Gasteiger partial charge in [-0.05, 0) is 75.3 Å². The lowest BCUT2D eigenvalue weighted by Gasteiger charge is -2.40. The summed E-state index contributed by atoms with van der Waals surface area (Å²) >= 11 is 6.28. The number of benzene rings is 2. The van der Waals surface area contributed by atoms with Crippen molar-refractivity contribution in [3.63, 3.8) is 0 Å². The largest absolute Gasteiger partial charge is 0.356 e. The number of halogens is 2. The van der Waals surface area contributed by atoms with Crippen LogP contribution in [0.15, 0.2) is 53.5 Å². The molecule has 2 aromatic rings. The lowest BCUT2D eigenvalue weighted by atomic mass is 9.85. The lowest BCUT2D eigenvalue weighted by molar-refractivity contribution is 0.122. The lowest BCUT2D eigenvalue weighted by Crippen LogP contribution is -2.44. The highest BCUT2D eigenvalue weighted by molar-refractivity contribution is 14.0. The number of likely N-dealkylation sites (tertiary alicyclic amines) is 1. The molecule has 0 saturated carbocycles. The summed E-state index contributed by atoms with van der Waals surface area (Å²) in [5, 5.41) is 7.81. The molecule has 7 heteroatoms. The Morgan fingerprint density at radius 2 is 1.84 bits per heavy atom. The highest BCUT2D eigenvalue weighted by atomic mass is 127. The Morgan fingerprint density at radius 3 is 2.50 bits per heavy atom. The molecule has 1 aliphatic heterocycles. The van der Waals surface area contributed by atoms with E-state index in [4.69, 9.17) is 11.6 Å². The van der Waals surface area contributed by atoms with Crippen molar-refractivity contribution >= 4 is 41.5 Å². The van der Waals surface area contributed by atoms with Crippen LogP contribution in [-0.4, -0.2) is 57.0 Å². The Bertz CT molecular complexity index is 856. The third kappa shape index (κ3) is 7.90. The molecule has 1 heterocycles. The van der Waals surface area contributed by atoms with Crippen molar-refractivity contribution in [1.82, 2.24) is 20.4 Å². The van der Waals surface area contributed by atoms with E-state index in [0.717, 1.165) is 37.2 Å². The van der Waals surface area contributed by atoms with Gasteiger partial charge in [0.1, 0.15) is 0 Å². The van der Waals surface area contributed by atoms with Crippen LogP contribution in [0.25, 0.3) is 0 Å². The molecule has 1 fully saturated rings. The van der Waals surface area contributed by atoms with Gasteiger partial charge in [0.2, 0.25) is 0 Å². The van der Waals surface area contributed by atoms with Crippen LogP contribution in [0.2, 0.25) is 5.02 Å². The quantitative estimate of drug-likeness (QED) is 0.287. The van der Waals surface area contributed by atoms with Crippen LogP contribution in [0, 0.1) is 5.92 Å². The number of hydrogen-bond donors (Lipinski definition) is 2. The van der Waals surface area contributed by atoms with Crippen molar-refractivity contribution in [3.05, 3.63) is 70.2 Å². The zero-order valence-corrected chi connectivity index (χ0v) is 22.7. The van der Waals surface area contributed by atoms with E-state index in [1.807, 2.05) is 13.1 Å². The molecule has 0 aromatic heterocycles. The number of guanidine groups is 1. The van der Waals surface area contributed by atoms with Crippen molar-refractivity contribution < 1.29 is 0 Å². The van der Waals surface area contributed by atoms with Gasteiger partial charge in [0.25, 0.3) is 0 Å². The van der Waals surface area contributed by atoms with Gasteiger partial charge in [0, 0.05) is 37.7 Å². The predicted octanol–water partition coefficient (Wildman–Crippen LogP) is 4.77. The molecule has 0 aliphatic carbocycles. The molecular formula is C25H37ClIN5. The van der Waals surface area contributed by atoms with Gasteiger partial charge in [-0.2, -0.15) is 0 Å². The molecule has 176 valence electrons. The number of rotatable bonds is 7. The summed E-state index contributed by atoms with van der Waals surface area (Å²) in [5.74, 6) is 1.34. The molecule has 3 rings (SSSR count). The average Bonchev–Trinajstić information content (AvgIpc) is 2.74. The van der Waals surface area contributed by atoms with Gasteiger partial charge in [0.05, 0.1) is 0 Å². The van der Waals surface area contributed by atoms with Gasteiger partial charge in [0.15, 0.2) is 5.96 Å². The molecule has 32 heavy (non-hydrogen) atoms. The first-order valence-electron chi connectivity index (χ1n) is 11.1. The van der Waals surface area contributed by atoms with Crippen molar-refractivity contribution in [2.45, 2.75) is 32.0 Å². The van der Waals surface area contributed by atoms with Crippen LogP contribution in [-0.2, 0) is 13.1 Å². The minimum atomic E-state index is 0. The second-order valence-electron chi connectivity index (χ2n) is 8.74. The molecule has 5 nitrogen and oxygen atoms in total. The minimum Gasteiger partial charge on any atom is -0.356 e. The molecule has 0 bridgehead atoms. The van der Waals surface area contributed by atoms with Gasteiger partial charge in [-0.3, -0.25) is 9.89 Å². The minimum absolute atomic E-state index is 0. The molecule has 2 N–H and O–H groups in total. The Hall–Kier alpha value is -1.35. The van der Waals surface area contributed by atoms with E-state index in [1.165, 1.54) is 29.5 Å². The maximum atomic E-state index is 6.28. The molecule has 1 saturated heterocycles. The van der Waals surface area contributed by atoms with Crippen LogP contribution in [0.4, 0.5) is 0 Å². The smallest absolute Gasteiger partial charge is 0.191 e. The average molecular weight is 570 g/mol. The van der Waals surface area contributed by atoms with E-state index in [1.54, 1.807) is 0 Å². The van der Waals surface area contributed by atoms with Crippen molar-refractivity contribution in [1.29, 1.82) is 0 Å². The third-order valence-corrected chi connectivity index (χ3v) is 6.17. The second kappa shape index (κ2) is 13.4. The van der Waals surface area contributed by atoms with Gasteiger partial charge < -0.3 is 15.5 Å². The Labute approximate surface area is 215 Å². The van der Waals surface area contributed by atoms with Gasteiger partial charge in [-0.15, -0.1) is 24.0 Å². The summed E-state index contributed by atoms with van der Waals surface area (Å²) in [7, 11) is 8.22. The predicted molar refractivity (Wildman–Crippen MR) is 147 cm³/mol. The highest BCUT2D eigenvalue weighted by Gasteiger charge is 2.30. The maximum Gasteiger partial charge on any atom is 0.191 e. The molecule has 2 unspecified atom stereocenters. The summed E-state index contributed by atoms with van der Waals surface area (Å²) < 4.78 is 0. The standard InChI is InChI=1S/C25H36ClN5.HI/c1-27-25(28-16-19-10-12-20(13-11-19)18-30(2)3)29-17-22-8-6-14-31(4)24(22)21-7-5-9-23(26)15-21;/h5,7,9-13,15,22,24H,6,8,14,16-18H2,1-4H3,(H2,27,28,29);1H. The highest BCUT2D eigenvalue weighted by Crippen LogP contribution is 2.35. The molecule has 2 atom stereocenters. The van der Waals surface area contributed by atoms with Crippen LogP contribution < -0.4 is 10.6 Å². The van der Waals surface area contributed by atoms with Gasteiger partial charge >= 0.3 is 0 Å². The fourth-order valence-corrected chi connectivity index (χ4v) is 4.65. The SMILES string of the molecule is CN=C(NCc1ccc(CN(C)C)cc1)NCC1CCCN(C)C1c1cccc(Cl)c1.I. The van der Waals surface area contributed by atoms with Crippen molar-refractivity contribution in [2.24, 2.45) is 10.9 Å². The van der Waals surface area contributed by atoms with E-state index in [0.29, 0.717) is 12.0 Å². The number of piperidine rings is 1. The fourth-order valence-electron chi connectivity index (χ4n) is 4.45. The number of aliphatic imine (C=N–C) groups is 1. The zero-order valence-electron chi connectivity index (χ0n) is 19.6. The van der Waals surface area contributed by atoms with Crippen LogP contribution in [0.5, 0.6) is 0 Å². The van der Waals surface area contributed by atoms with E-state index >= 15 is 0 Å². The normalized spacial score (nSPS) is 19.5. The Balaban J connectivity index is 0.00000363. The van der Waals surface area contributed by atoms with Crippen molar-refractivity contribution in [2.75, 3.05) is 41.3 Å². The summed E-state index contributed by atoms with van der Waals surface area (Å²) in [5.41, 5.74) is 3.87. The molecule has 1 aliphatic rings. The second-order valence-corrected chi connectivity index (χ2v) is 9.18. The number of hydrogen-bond acceptors (Lipinski definition) is 3. The van der Waals surface area contributed by atoms with Crippen LogP contribution in [0.3, 0.4) is 0 Å². The number of nitrogens with zero attached hydrogens (tertiary/aromatic N) is 3. The van der Waals surface area contributed by atoms with E-state index in [9.17, 15) is 0 Å². The topological polar surface area (TPSA) is 42.9 Å². The first-order valence-corrected chi connectivity index (χ1v) is 11.5. The van der Waals surface area contributed by atoms with E-state index in [2.05, 4.69) is 89.0 Å². The molecule has 0 amide bonds. The molecule has 0 radical (unpaired) electrons. The maximum absolute atomic E-state index is 6.28. The van der Waals surface area contributed by atoms with Gasteiger partial charge in [-0.25, -0.2) is 0 Å². The third-order valence-electron chi connectivity index (χ3n) is 5.93. The summed E-state index contributed by atoms with van der Waals surface area (Å²) in [6.45, 7) is 3.71. The fraction of sp³-hybridized carbons (Fsp3) is 0.480. The molecule has 0 spiro atoms. The van der Waals surface area contributed by atoms with Crippen LogP contribution in [0.1, 0.15) is 35.6 Å². The monoisotopic (exact) mass is 569 g/mol. The summed E-state index contributed by atoms with van der Waals surface area (Å²) in [4.78, 5) is 9.06. The first kappa shape index (κ1) is 26.9. The summed E-state index contributed by atoms with van der Waals surface area (Å²) in [6, 6.07) is 17.4. The van der Waals surface area contributed by atoms with E-state index in [-0.39, 0.29) is 24.0 Å². The molecule has 2 aromatic carbocycles. The Kier molecular flexibility index (Phi) is 11.2. The van der Waals surface area contributed by atoms with E-state index < -0.39 is 0 Å².